The summed E-state index contributed by atoms with van der Waals surface area (Å²) in [6.45, 7) is 4.94. The van der Waals surface area contributed by atoms with Gasteiger partial charge in [0.15, 0.2) is 0 Å². The minimum atomic E-state index is -0.548. The van der Waals surface area contributed by atoms with Crippen LogP contribution in [0.3, 0.4) is 0 Å². The summed E-state index contributed by atoms with van der Waals surface area (Å²) in [5.41, 5.74) is -0.548. The summed E-state index contributed by atoms with van der Waals surface area (Å²) in [6.07, 6.45) is 2.04. The molecule has 6 heteroatoms. The highest BCUT2D eigenvalue weighted by Gasteiger charge is 2.31. The van der Waals surface area contributed by atoms with Crippen molar-refractivity contribution >= 4 is 11.9 Å². The van der Waals surface area contributed by atoms with E-state index in [1.165, 1.54) is 0 Å². The molecule has 1 saturated heterocycles. The summed E-state index contributed by atoms with van der Waals surface area (Å²) < 4.78 is 0. The molecule has 0 saturated carbocycles. The van der Waals surface area contributed by atoms with E-state index in [0.29, 0.717) is 32.4 Å². The summed E-state index contributed by atoms with van der Waals surface area (Å²) >= 11 is 0. The van der Waals surface area contributed by atoms with Crippen LogP contribution in [0.4, 0.5) is 4.79 Å². The van der Waals surface area contributed by atoms with Crippen LogP contribution in [0.2, 0.25) is 0 Å². The SMILES string of the molecule is CCC(C)(CO)NC(=O)C1CCN(C(=O)N(C)C)CC1. The van der Waals surface area contributed by atoms with Crippen molar-refractivity contribution in [2.45, 2.75) is 38.6 Å². The molecule has 1 aliphatic heterocycles. The fraction of sp³-hybridized carbons (Fsp3) is 0.857. The van der Waals surface area contributed by atoms with Gasteiger partial charge in [-0.1, -0.05) is 6.92 Å². The fourth-order valence-electron chi connectivity index (χ4n) is 2.26. The van der Waals surface area contributed by atoms with Gasteiger partial charge in [-0.25, -0.2) is 4.79 Å². The van der Waals surface area contributed by atoms with Crippen LogP contribution < -0.4 is 5.32 Å². The van der Waals surface area contributed by atoms with Gasteiger partial charge in [-0.05, 0) is 26.2 Å². The van der Waals surface area contributed by atoms with Crippen LogP contribution in [0, 0.1) is 5.92 Å². The van der Waals surface area contributed by atoms with Crippen molar-refractivity contribution in [1.82, 2.24) is 15.1 Å². The Morgan fingerprint density at radius 2 is 1.90 bits per heavy atom. The standard InChI is InChI=1S/C14H27N3O3/c1-5-14(2,10-18)15-12(19)11-6-8-17(9-7-11)13(20)16(3)4/h11,18H,5-10H2,1-4H3,(H,15,19). The molecule has 3 amide bonds. The van der Waals surface area contributed by atoms with E-state index in [9.17, 15) is 14.7 Å². The molecule has 1 aliphatic rings. The first-order valence-electron chi connectivity index (χ1n) is 7.22. The number of nitrogens with zero attached hydrogens (tertiary/aromatic N) is 2. The monoisotopic (exact) mass is 285 g/mol. The fourth-order valence-corrected chi connectivity index (χ4v) is 2.26. The van der Waals surface area contributed by atoms with Gasteiger partial charge in [0.1, 0.15) is 0 Å². The van der Waals surface area contributed by atoms with Crippen LogP contribution in [0.5, 0.6) is 0 Å². The summed E-state index contributed by atoms with van der Waals surface area (Å²) in [5.74, 6) is -0.0843. The third-order valence-electron chi connectivity index (χ3n) is 4.07. The molecule has 1 atom stereocenters. The van der Waals surface area contributed by atoms with Gasteiger partial charge < -0.3 is 20.2 Å². The number of carbonyl (C=O) groups excluding carboxylic acids is 2. The lowest BCUT2D eigenvalue weighted by Gasteiger charge is -2.35. The molecule has 0 aromatic rings. The van der Waals surface area contributed by atoms with E-state index in [2.05, 4.69) is 5.32 Å². The van der Waals surface area contributed by atoms with Crippen molar-refractivity contribution in [2.75, 3.05) is 33.8 Å². The van der Waals surface area contributed by atoms with Gasteiger partial charge >= 0.3 is 6.03 Å². The Bertz CT molecular complexity index is 346. The van der Waals surface area contributed by atoms with Crippen LogP contribution in [0.15, 0.2) is 0 Å². The molecular formula is C14H27N3O3. The molecule has 0 aromatic heterocycles. The third kappa shape index (κ3) is 4.10. The predicted octanol–water partition coefficient (Wildman–Crippen LogP) is 0.657. The minimum Gasteiger partial charge on any atom is -0.394 e. The molecule has 116 valence electrons. The first kappa shape index (κ1) is 16.8. The van der Waals surface area contributed by atoms with Gasteiger partial charge in [0, 0.05) is 33.1 Å². The average molecular weight is 285 g/mol. The molecule has 0 aromatic carbocycles. The molecule has 1 rings (SSSR count). The number of hydrogen-bond acceptors (Lipinski definition) is 3. The quantitative estimate of drug-likeness (QED) is 0.797. The Labute approximate surface area is 121 Å². The maximum atomic E-state index is 12.2. The van der Waals surface area contributed by atoms with Gasteiger partial charge in [0.2, 0.25) is 5.91 Å². The summed E-state index contributed by atoms with van der Waals surface area (Å²) in [4.78, 5) is 27.3. The van der Waals surface area contributed by atoms with E-state index in [0.717, 1.165) is 0 Å². The van der Waals surface area contributed by atoms with Crippen molar-refractivity contribution in [3.05, 3.63) is 0 Å². The van der Waals surface area contributed by atoms with Gasteiger partial charge in [-0.3, -0.25) is 4.79 Å². The van der Waals surface area contributed by atoms with Crippen LogP contribution in [-0.2, 0) is 4.79 Å². The van der Waals surface area contributed by atoms with Crippen LogP contribution >= 0.6 is 0 Å². The topological polar surface area (TPSA) is 72.9 Å². The molecular weight excluding hydrogens is 258 g/mol. The van der Waals surface area contributed by atoms with Crippen molar-refractivity contribution in [3.63, 3.8) is 0 Å². The summed E-state index contributed by atoms with van der Waals surface area (Å²) in [6, 6.07) is -0.00221. The maximum absolute atomic E-state index is 12.2. The van der Waals surface area contributed by atoms with Crippen LogP contribution in [0.1, 0.15) is 33.1 Å². The lowest BCUT2D eigenvalue weighted by atomic mass is 9.93. The largest absolute Gasteiger partial charge is 0.394 e. The Hall–Kier alpha value is -1.30. The highest BCUT2D eigenvalue weighted by atomic mass is 16.3. The maximum Gasteiger partial charge on any atom is 0.319 e. The molecule has 0 radical (unpaired) electrons. The number of urea groups is 1. The smallest absolute Gasteiger partial charge is 0.319 e. The van der Waals surface area contributed by atoms with Crippen LogP contribution in [-0.4, -0.2) is 66.2 Å². The Balaban J connectivity index is 2.49. The zero-order valence-electron chi connectivity index (χ0n) is 13.0. The van der Waals surface area contributed by atoms with E-state index in [1.54, 1.807) is 23.9 Å². The summed E-state index contributed by atoms with van der Waals surface area (Å²) in [7, 11) is 3.46. The lowest BCUT2D eigenvalue weighted by molar-refractivity contribution is -0.128. The van der Waals surface area contributed by atoms with Gasteiger partial charge in [0.05, 0.1) is 12.1 Å². The van der Waals surface area contributed by atoms with E-state index < -0.39 is 5.54 Å². The van der Waals surface area contributed by atoms with Gasteiger partial charge in [-0.2, -0.15) is 0 Å². The highest BCUT2D eigenvalue weighted by molar-refractivity contribution is 5.80. The van der Waals surface area contributed by atoms with E-state index in [-0.39, 0.29) is 24.5 Å². The number of rotatable bonds is 4. The van der Waals surface area contributed by atoms with E-state index in [4.69, 9.17) is 0 Å². The highest BCUT2D eigenvalue weighted by Crippen LogP contribution is 2.20. The Morgan fingerprint density at radius 3 is 2.30 bits per heavy atom. The molecule has 6 nitrogen and oxygen atoms in total. The van der Waals surface area contributed by atoms with E-state index >= 15 is 0 Å². The zero-order chi connectivity index (χ0) is 15.3. The Kier molecular flexibility index (Phi) is 5.80. The number of aliphatic hydroxyl groups is 1. The molecule has 0 bridgehead atoms. The lowest BCUT2D eigenvalue weighted by Crippen LogP contribution is -2.52. The van der Waals surface area contributed by atoms with Crippen molar-refractivity contribution in [3.8, 4) is 0 Å². The molecule has 0 aliphatic carbocycles. The first-order valence-corrected chi connectivity index (χ1v) is 7.22. The number of hydrogen-bond donors (Lipinski definition) is 2. The second-order valence-electron chi connectivity index (χ2n) is 6.00. The second-order valence-corrected chi connectivity index (χ2v) is 6.00. The first-order chi connectivity index (χ1) is 9.33. The molecule has 20 heavy (non-hydrogen) atoms. The summed E-state index contributed by atoms with van der Waals surface area (Å²) in [5, 5.41) is 12.3. The minimum absolute atomic E-state index is 0.00221. The van der Waals surface area contributed by atoms with Crippen molar-refractivity contribution < 1.29 is 14.7 Å². The number of carbonyl (C=O) groups is 2. The number of likely N-dealkylation sites (tertiary alicyclic amines) is 1. The zero-order valence-corrected chi connectivity index (χ0v) is 13.0. The van der Waals surface area contributed by atoms with Gasteiger partial charge in [-0.15, -0.1) is 0 Å². The number of piperidine rings is 1. The predicted molar refractivity (Wildman–Crippen MR) is 77.3 cm³/mol. The number of nitrogens with one attached hydrogen (secondary N) is 1. The molecule has 2 N–H and O–H groups in total. The normalized spacial score (nSPS) is 19.4. The van der Waals surface area contributed by atoms with E-state index in [1.807, 2.05) is 13.8 Å². The van der Waals surface area contributed by atoms with Crippen LogP contribution in [0.25, 0.3) is 0 Å². The van der Waals surface area contributed by atoms with Gasteiger partial charge in [0.25, 0.3) is 0 Å². The number of aliphatic hydroxyl groups excluding tert-OH is 1. The molecule has 1 unspecified atom stereocenters. The van der Waals surface area contributed by atoms with Crippen molar-refractivity contribution in [2.24, 2.45) is 5.92 Å². The Morgan fingerprint density at radius 1 is 1.35 bits per heavy atom. The average Bonchev–Trinajstić information content (AvgIpc) is 2.46. The molecule has 1 heterocycles. The number of amides is 3. The molecule has 0 spiro atoms. The third-order valence-corrected chi connectivity index (χ3v) is 4.07. The molecule has 1 fully saturated rings. The second kappa shape index (κ2) is 6.92. The van der Waals surface area contributed by atoms with Crippen molar-refractivity contribution in [1.29, 1.82) is 0 Å².